The number of benzene rings is 1. The zero-order valence-electron chi connectivity index (χ0n) is 9.97. The summed E-state index contributed by atoms with van der Waals surface area (Å²) < 4.78 is 13.6. The first kappa shape index (κ1) is 14.0. The molecule has 0 spiro atoms. The van der Waals surface area contributed by atoms with Crippen LogP contribution in [0.2, 0.25) is 0 Å². The van der Waals surface area contributed by atoms with Crippen molar-refractivity contribution in [3.8, 4) is 0 Å². The predicted molar refractivity (Wildman–Crippen MR) is 68.7 cm³/mol. The first-order chi connectivity index (χ1) is 7.74. The van der Waals surface area contributed by atoms with Gasteiger partial charge in [0.15, 0.2) is 0 Å². The number of carboxylic acid groups (broad SMARTS) is 1. The summed E-state index contributed by atoms with van der Waals surface area (Å²) in [5.74, 6) is -1.20. The molecular weight excluding hydrogens is 289 g/mol. The van der Waals surface area contributed by atoms with Gasteiger partial charge in [0.25, 0.3) is 0 Å². The van der Waals surface area contributed by atoms with Crippen LogP contribution in [0.5, 0.6) is 0 Å². The van der Waals surface area contributed by atoms with E-state index in [0.29, 0.717) is 4.47 Å². The van der Waals surface area contributed by atoms with Crippen LogP contribution in [0.25, 0.3) is 0 Å². The molecule has 0 heterocycles. The fourth-order valence-corrected chi connectivity index (χ4v) is 1.57. The van der Waals surface area contributed by atoms with E-state index in [1.807, 2.05) is 0 Å². The van der Waals surface area contributed by atoms with E-state index < -0.39 is 11.4 Å². The van der Waals surface area contributed by atoms with Crippen LogP contribution in [0.15, 0.2) is 16.6 Å². The number of aliphatic carboxylic acids is 1. The van der Waals surface area contributed by atoms with Crippen molar-refractivity contribution < 1.29 is 14.3 Å². The second kappa shape index (κ2) is 5.04. The Bertz CT molecular complexity index is 446. The van der Waals surface area contributed by atoms with Crippen molar-refractivity contribution in [2.45, 2.75) is 20.8 Å². The maximum Gasteiger partial charge on any atom is 0.310 e. The van der Waals surface area contributed by atoms with E-state index in [4.69, 9.17) is 5.11 Å². The smallest absolute Gasteiger partial charge is 0.310 e. The molecule has 0 aromatic heterocycles. The van der Waals surface area contributed by atoms with Gasteiger partial charge in [-0.3, -0.25) is 4.79 Å². The molecule has 17 heavy (non-hydrogen) atoms. The van der Waals surface area contributed by atoms with Crippen molar-refractivity contribution in [3.63, 3.8) is 0 Å². The highest BCUT2D eigenvalue weighted by Gasteiger charge is 2.26. The highest BCUT2D eigenvalue weighted by atomic mass is 79.9. The third-order valence-corrected chi connectivity index (χ3v) is 3.17. The summed E-state index contributed by atoms with van der Waals surface area (Å²) in [7, 11) is 0. The number of carboxylic acids is 1. The molecule has 1 rings (SSSR count). The molecule has 0 unspecified atom stereocenters. The summed E-state index contributed by atoms with van der Waals surface area (Å²) >= 11 is 3.10. The fourth-order valence-electron chi connectivity index (χ4n) is 1.23. The molecule has 0 amide bonds. The van der Waals surface area contributed by atoms with Crippen molar-refractivity contribution in [1.29, 1.82) is 0 Å². The maximum atomic E-state index is 13.2. The third-order valence-electron chi connectivity index (χ3n) is 2.57. The van der Waals surface area contributed by atoms with E-state index in [2.05, 4.69) is 21.2 Å². The lowest BCUT2D eigenvalue weighted by Crippen LogP contribution is -2.31. The molecule has 0 saturated carbocycles. The predicted octanol–water partition coefficient (Wildman–Crippen LogP) is 3.42. The first-order valence-electron chi connectivity index (χ1n) is 5.17. The average molecular weight is 304 g/mol. The second-order valence-corrected chi connectivity index (χ2v) is 5.48. The number of hydrogen-bond donors (Lipinski definition) is 2. The Kier molecular flexibility index (Phi) is 4.14. The summed E-state index contributed by atoms with van der Waals surface area (Å²) in [6, 6.07) is 3.02. The largest absolute Gasteiger partial charge is 0.481 e. The Balaban J connectivity index is 2.83. The Morgan fingerprint density at radius 1 is 1.53 bits per heavy atom. The van der Waals surface area contributed by atoms with E-state index in [1.165, 1.54) is 6.07 Å². The van der Waals surface area contributed by atoms with Crippen LogP contribution >= 0.6 is 15.9 Å². The van der Waals surface area contributed by atoms with Gasteiger partial charge >= 0.3 is 5.97 Å². The van der Waals surface area contributed by atoms with Gasteiger partial charge in [-0.05, 0) is 54.4 Å². The minimum absolute atomic E-state index is 0.279. The van der Waals surface area contributed by atoms with Gasteiger partial charge in [-0.25, -0.2) is 4.39 Å². The van der Waals surface area contributed by atoms with Crippen LogP contribution < -0.4 is 5.32 Å². The number of carbonyl (C=O) groups is 1. The molecule has 0 fully saturated rings. The van der Waals surface area contributed by atoms with Gasteiger partial charge < -0.3 is 10.4 Å². The van der Waals surface area contributed by atoms with Gasteiger partial charge in [-0.2, -0.15) is 0 Å². The van der Waals surface area contributed by atoms with Crippen molar-refractivity contribution in [2.75, 3.05) is 11.9 Å². The molecule has 1 aromatic carbocycles. The number of anilines is 1. The van der Waals surface area contributed by atoms with E-state index in [-0.39, 0.29) is 12.4 Å². The Morgan fingerprint density at radius 3 is 2.65 bits per heavy atom. The maximum absolute atomic E-state index is 13.2. The molecule has 0 radical (unpaired) electrons. The van der Waals surface area contributed by atoms with Gasteiger partial charge in [0.05, 0.1) is 9.89 Å². The number of rotatable bonds is 4. The van der Waals surface area contributed by atoms with Crippen molar-refractivity contribution >= 4 is 27.6 Å². The fraction of sp³-hybridized carbons (Fsp3) is 0.417. The molecule has 0 aliphatic heterocycles. The van der Waals surface area contributed by atoms with E-state index in [9.17, 15) is 9.18 Å². The summed E-state index contributed by atoms with van der Waals surface area (Å²) in [5.41, 5.74) is 0.604. The molecule has 94 valence electrons. The van der Waals surface area contributed by atoms with Gasteiger partial charge in [0, 0.05) is 12.2 Å². The zero-order chi connectivity index (χ0) is 13.2. The summed E-state index contributed by atoms with van der Waals surface area (Å²) in [5, 5.41) is 12.0. The quantitative estimate of drug-likeness (QED) is 0.896. The average Bonchev–Trinajstić information content (AvgIpc) is 2.21. The zero-order valence-corrected chi connectivity index (χ0v) is 11.6. The van der Waals surface area contributed by atoms with Crippen LogP contribution in [-0.2, 0) is 4.79 Å². The third kappa shape index (κ3) is 3.43. The highest BCUT2D eigenvalue weighted by Crippen LogP contribution is 2.25. The van der Waals surface area contributed by atoms with E-state index in [1.54, 1.807) is 26.8 Å². The van der Waals surface area contributed by atoms with E-state index >= 15 is 0 Å². The molecule has 1 aromatic rings. The van der Waals surface area contributed by atoms with Gasteiger partial charge in [-0.1, -0.05) is 0 Å². The Hall–Kier alpha value is -1.10. The highest BCUT2D eigenvalue weighted by molar-refractivity contribution is 9.10. The van der Waals surface area contributed by atoms with Crippen LogP contribution in [0.4, 0.5) is 10.1 Å². The summed E-state index contributed by atoms with van der Waals surface area (Å²) in [6.07, 6.45) is 0. The van der Waals surface area contributed by atoms with Crippen LogP contribution in [0, 0.1) is 18.2 Å². The standard InChI is InChI=1S/C12H15BrFNO2/c1-7-4-9(14)8(13)5-10(7)15-6-12(2,3)11(16)17/h4-5,15H,6H2,1-3H3,(H,16,17). The monoisotopic (exact) mass is 303 g/mol. The molecule has 0 aliphatic carbocycles. The molecular formula is C12H15BrFNO2. The van der Waals surface area contributed by atoms with Crippen LogP contribution in [0.3, 0.4) is 0 Å². The molecule has 3 nitrogen and oxygen atoms in total. The Labute approximate surface area is 108 Å². The molecule has 0 atom stereocenters. The van der Waals surface area contributed by atoms with Crippen molar-refractivity contribution in [1.82, 2.24) is 0 Å². The second-order valence-electron chi connectivity index (χ2n) is 4.62. The van der Waals surface area contributed by atoms with Crippen LogP contribution in [-0.4, -0.2) is 17.6 Å². The summed E-state index contributed by atoms with van der Waals surface area (Å²) in [4.78, 5) is 10.9. The lowest BCUT2D eigenvalue weighted by atomic mass is 9.93. The number of nitrogens with one attached hydrogen (secondary N) is 1. The number of hydrogen-bond acceptors (Lipinski definition) is 2. The normalized spacial score (nSPS) is 11.4. The number of aryl methyl sites for hydroxylation is 1. The SMILES string of the molecule is Cc1cc(F)c(Br)cc1NCC(C)(C)C(=O)O. The molecule has 5 heteroatoms. The first-order valence-corrected chi connectivity index (χ1v) is 5.96. The lowest BCUT2D eigenvalue weighted by Gasteiger charge is -2.21. The minimum Gasteiger partial charge on any atom is -0.481 e. The topological polar surface area (TPSA) is 49.3 Å². The van der Waals surface area contributed by atoms with Crippen molar-refractivity contribution in [3.05, 3.63) is 28.0 Å². The number of halogens is 2. The molecule has 2 N–H and O–H groups in total. The van der Waals surface area contributed by atoms with Crippen molar-refractivity contribution in [2.24, 2.45) is 5.41 Å². The molecule has 0 bridgehead atoms. The Morgan fingerprint density at radius 2 is 2.12 bits per heavy atom. The van der Waals surface area contributed by atoms with Gasteiger partial charge in [-0.15, -0.1) is 0 Å². The van der Waals surface area contributed by atoms with E-state index in [0.717, 1.165) is 11.3 Å². The van der Waals surface area contributed by atoms with Gasteiger partial charge in [0.2, 0.25) is 0 Å². The van der Waals surface area contributed by atoms with Crippen LogP contribution in [0.1, 0.15) is 19.4 Å². The molecule has 0 saturated heterocycles. The summed E-state index contributed by atoms with van der Waals surface area (Å²) in [6.45, 7) is 5.32. The van der Waals surface area contributed by atoms with Gasteiger partial charge in [0.1, 0.15) is 5.82 Å². The molecule has 0 aliphatic rings. The lowest BCUT2D eigenvalue weighted by molar-refractivity contribution is -0.146. The minimum atomic E-state index is -0.871.